The SMILES string of the molecule is CCC(=O)Nc1cccc(OCCN(C)C)c1. The number of carbonyl (C=O) groups excluding carboxylic acids is 1. The van der Waals surface area contributed by atoms with Crippen LogP contribution in [0.1, 0.15) is 13.3 Å². The van der Waals surface area contributed by atoms with E-state index in [2.05, 4.69) is 10.2 Å². The monoisotopic (exact) mass is 236 g/mol. The molecule has 1 amide bonds. The molecule has 0 saturated heterocycles. The molecule has 17 heavy (non-hydrogen) atoms. The second-order valence-corrected chi connectivity index (χ2v) is 4.08. The average molecular weight is 236 g/mol. The van der Waals surface area contributed by atoms with Crippen molar-refractivity contribution in [2.75, 3.05) is 32.6 Å². The molecular weight excluding hydrogens is 216 g/mol. The number of hydrogen-bond donors (Lipinski definition) is 1. The van der Waals surface area contributed by atoms with Gasteiger partial charge < -0.3 is 15.0 Å². The lowest BCUT2D eigenvalue weighted by Gasteiger charge is -2.12. The number of anilines is 1. The maximum atomic E-state index is 11.2. The van der Waals surface area contributed by atoms with E-state index in [1.54, 1.807) is 0 Å². The number of nitrogens with zero attached hydrogens (tertiary/aromatic N) is 1. The molecule has 1 N–H and O–H groups in total. The number of ether oxygens (including phenoxy) is 1. The molecule has 0 radical (unpaired) electrons. The van der Waals surface area contributed by atoms with Crippen LogP contribution in [0.4, 0.5) is 5.69 Å². The highest BCUT2D eigenvalue weighted by Gasteiger charge is 2.00. The number of nitrogens with one attached hydrogen (secondary N) is 1. The van der Waals surface area contributed by atoms with Crippen molar-refractivity contribution in [1.82, 2.24) is 4.90 Å². The molecule has 0 unspecified atom stereocenters. The lowest BCUT2D eigenvalue weighted by Crippen LogP contribution is -2.19. The molecule has 0 fully saturated rings. The molecule has 0 aliphatic carbocycles. The molecule has 1 aromatic rings. The molecule has 1 aromatic carbocycles. The largest absolute Gasteiger partial charge is 0.492 e. The van der Waals surface area contributed by atoms with Gasteiger partial charge in [0, 0.05) is 24.7 Å². The van der Waals surface area contributed by atoms with Gasteiger partial charge in [-0.15, -0.1) is 0 Å². The van der Waals surface area contributed by atoms with Crippen molar-refractivity contribution in [3.63, 3.8) is 0 Å². The van der Waals surface area contributed by atoms with Gasteiger partial charge in [-0.05, 0) is 26.2 Å². The molecular formula is C13H20N2O2. The van der Waals surface area contributed by atoms with Gasteiger partial charge in [-0.1, -0.05) is 13.0 Å². The van der Waals surface area contributed by atoms with Gasteiger partial charge in [0.2, 0.25) is 5.91 Å². The Morgan fingerprint density at radius 1 is 1.41 bits per heavy atom. The van der Waals surface area contributed by atoms with E-state index < -0.39 is 0 Å². The number of hydrogen-bond acceptors (Lipinski definition) is 3. The van der Waals surface area contributed by atoms with Crippen molar-refractivity contribution in [2.45, 2.75) is 13.3 Å². The standard InChI is InChI=1S/C13H20N2O2/c1-4-13(16)14-11-6-5-7-12(10-11)17-9-8-15(2)3/h5-7,10H,4,8-9H2,1-3H3,(H,14,16). The number of amides is 1. The van der Waals surface area contributed by atoms with Gasteiger partial charge in [0.15, 0.2) is 0 Å². The Hall–Kier alpha value is -1.55. The maximum Gasteiger partial charge on any atom is 0.224 e. The van der Waals surface area contributed by atoms with Gasteiger partial charge in [-0.2, -0.15) is 0 Å². The summed E-state index contributed by atoms with van der Waals surface area (Å²) in [6, 6.07) is 7.45. The summed E-state index contributed by atoms with van der Waals surface area (Å²) in [5.41, 5.74) is 0.777. The third kappa shape index (κ3) is 5.36. The van der Waals surface area contributed by atoms with E-state index in [0.717, 1.165) is 18.0 Å². The summed E-state index contributed by atoms with van der Waals surface area (Å²) >= 11 is 0. The Bertz CT molecular complexity index is 364. The van der Waals surface area contributed by atoms with E-state index in [4.69, 9.17) is 4.74 Å². The lowest BCUT2D eigenvalue weighted by molar-refractivity contribution is -0.115. The number of carbonyl (C=O) groups is 1. The zero-order valence-corrected chi connectivity index (χ0v) is 10.7. The Kier molecular flexibility index (Phi) is 5.49. The summed E-state index contributed by atoms with van der Waals surface area (Å²) in [6.07, 6.45) is 0.478. The molecule has 4 nitrogen and oxygen atoms in total. The Balaban J connectivity index is 2.50. The summed E-state index contributed by atoms with van der Waals surface area (Å²) in [6.45, 7) is 3.33. The predicted octanol–water partition coefficient (Wildman–Crippen LogP) is 1.98. The zero-order chi connectivity index (χ0) is 12.7. The van der Waals surface area contributed by atoms with Crippen LogP contribution < -0.4 is 10.1 Å². The molecule has 0 heterocycles. The topological polar surface area (TPSA) is 41.6 Å². The first-order valence-electron chi connectivity index (χ1n) is 5.79. The molecule has 0 atom stereocenters. The minimum Gasteiger partial charge on any atom is -0.492 e. The van der Waals surface area contributed by atoms with Crippen LogP contribution in [0.2, 0.25) is 0 Å². The highest BCUT2D eigenvalue weighted by atomic mass is 16.5. The Morgan fingerprint density at radius 2 is 2.18 bits per heavy atom. The minimum atomic E-state index is 0.00967. The van der Waals surface area contributed by atoms with Crippen LogP contribution in [0.3, 0.4) is 0 Å². The van der Waals surface area contributed by atoms with Crippen molar-refractivity contribution in [3.05, 3.63) is 24.3 Å². The van der Waals surface area contributed by atoms with Crippen LogP contribution in [-0.2, 0) is 4.79 Å². The maximum absolute atomic E-state index is 11.2. The van der Waals surface area contributed by atoms with Crippen LogP contribution >= 0.6 is 0 Å². The van der Waals surface area contributed by atoms with Crippen molar-refractivity contribution in [2.24, 2.45) is 0 Å². The van der Waals surface area contributed by atoms with E-state index in [0.29, 0.717) is 13.0 Å². The van der Waals surface area contributed by atoms with Crippen molar-refractivity contribution < 1.29 is 9.53 Å². The number of benzene rings is 1. The smallest absolute Gasteiger partial charge is 0.224 e. The third-order valence-electron chi connectivity index (χ3n) is 2.25. The van der Waals surface area contributed by atoms with Crippen LogP contribution in [0.15, 0.2) is 24.3 Å². The van der Waals surface area contributed by atoms with Crippen LogP contribution in [0, 0.1) is 0 Å². The van der Waals surface area contributed by atoms with Gasteiger partial charge in [0.25, 0.3) is 0 Å². The van der Waals surface area contributed by atoms with E-state index in [1.807, 2.05) is 45.3 Å². The lowest BCUT2D eigenvalue weighted by atomic mass is 10.3. The number of rotatable bonds is 6. The summed E-state index contributed by atoms with van der Waals surface area (Å²) in [5, 5.41) is 2.80. The van der Waals surface area contributed by atoms with Gasteiger partial charge in [-0.25, -0.2) is 0 Å². The van der Waals surface area contributed by atoms with Gasteiger partial charge in [0.1, 0.15) is 12.4 Å². The second-order valence-electron chi connectivity index (χ2n) is 4.08. The first kappa shape index (κ1) is 13.5. The summed E-state index contributed by atoms with van der Waals surface area (Å²) < 4.78 is 5.58. The predicted molar refractivity (Wildman–Crippen MR) is 69.4 cm³/mol. The van der Waals surface area contributed by atoms with Crippen LogP contribution in [-0.4, -0.2) is 38.1 Å². The molecule has 0 spiro atoms. The van der Waals surface area contributed by atoms with E-state index in [9.17, 15) is 4.79 Å². The molecule has 0 saturated carbocycles. The molecule has 0 aliphatic rings. The first-order valence-corrected chi connectivity index (χ1v) is 5.79. The molecule has 0 aliphatic heterocycles. The summed E-state index contributed by atoms with van der Waals surface area (Å²) in [4.78, 5) is 13.3. The fourth-order valence-corrected chi connectivity index (χ4v) is 1.26. The van der Waals surface area contributed by atoms with E-state index in [-0.39, 0.29) is 5.91 Å². The van der Waals surface area contributed by atoms with E-state index >= 15 is 0 Å². The first-order chi connectivity index (χ1) is 8.11. The van der Waals surface area contributed by atoms with Crippen LogP contribution in [0.5, 0.6) is 5.75 Å². The van der Waals surface area contributed by atoms with Crippen molar-refractivity contribution >= 4 is 11.6 Å². The summed E-state index contributed by atoms with van der Waals surface area (Å²) in [7, 11) is 4.00. The van der Waals surface area contributed by atoms with Crippen LogP contribution in [0.25, 0.3) is 0 Å². The molecule has 4 heteroatoms. The number of likely N-dealkylation sites (N-methyl/N-ethyl adjacent to an activating group) is 1. The second kappa shape index (κ2) is 6.91. The van der Waals surface area contributed by atoms with Crippen molar-refractivity contribution in [1.29, 1.82) is 0 Å². The van der Waals surface area contributed by atoms with Gasteiger partial charge in [0.05, 0.1) is 0 Å². The van der Waals surface area contributed by atoms with Crippen molar-refractivity contribution in [3.8, 4) is 5.75 Å². The Labute approximate surface area is 103 Å². The molecule has 1 rings (SSSR count). The quantitative estimate of drug-likeness (QED) is 0.821. The van der Waals surface area contributed by atoms with E-state index in [1.165, 1.54) is 0 Å². The molecule has 0 bridgehead atoms. The highest BCUT2D eigenvalue weighted by Crippen LogP contribution is 2.17. The fraction of sp³-hybridized carbons (Fsp3) is 0.462. The highest BCUT2D eigenvalue weighted by molar-refractivity contribution is 5.90. The zero-order valence-electron chi connectivity index (χ0n) is 10.7. The summed E-state index contributed by atoms with van der Waals surface area (Å²) in [5.74, 6) is 0.788. The molecule has 0 aromatic heterocycles. The minimum absolute atomic E-state index is 0.00967. The van der Waals surface area contributed by atoms with Gasteiger partial charge in [-0.3, -0.25) is 4.79 Å². The molecule has 94 valence electrons. The Morgan fingerprint density at radius 3 is 2.82 bits per heavy atom. The fourth-order valence-electron chi connectivity index (χ4n) is 1.26. The van der Waals surface area contributed by atoms with Gasteiger partial charge >= 0.3 is 0 Å². The average Bonchev–Trinajstić information content (AvgIpc) is 2.29. The normalized spacial score (nSPS) is 10.4. The third-order valence-corrected chi connectivity index (χ3v) is 2.25.